The molecule has 1 rings (SSSR count). The van der Waals surface area contributed by atoms with Gasteiger partial charge in [-0.25, -0.2) is 13.1 Å². The smallest absolute Gasteiger partial charge is 0.241 e. The molecular formula is C12H19NO3S2. The highest BCUT2D eigenvalue weighted by Crippen LogP contribution is 2.16. The third kappa shape index (κ3) is 4.28. The number of nitrogens with one attached hydrogen (secondary N) is 1. The second-order valence-corrected chi connectivity index (χ2v) is 6.74. The number of hydrogen-bond donors (Lipinski definition) is 2. The van der Waals surface area contributed by atoms with E-state index in [4.69, 9.17) is 5.11 Å². The summed E-state index contributed by atoms with van der Waals surface area (Å²) in [6.45, 7) is 1.56. The lowest BCUT2D eigenvalue weighted by atomic mass is 10.2. The molecule has 6 heteroatoms. The molecule has 102 valence electrons. The molecule has 0 spiro atoms. The van der Waals surface area contributed by atoms with Gasteiger partial charge >= 0.3 is 0 Å². The lowest BCUT2D eigenvalue weighted by Crippen LogP contribution is -2.33. The van der Waals surface area contributed by atoms with E-state index in [1.165, 1.54) is 6.07 Å². The van der Waals surface area contributed by atoms with Gasteiger partial charge in [0.05, 0.1) is 11.5 Å². The van der Waals surface area contributed by atoms with Crippen molar-refractivity contribution in [2.45, 2.75) is 30.9 Å². The molecule has 0 saturated heterocycles. The molecule has 1 atom stereocenters. The van der Waals surface area contributed by atoms with E-state index < -0.39 is 10.0 Å². The van der Waals surface area contributed by atoms with E-state index in [1.54, 1.807) is 30.0 Å². The van der Waals surface area contributed by atoms with Crippen LogP contribution in [0.25, 0.3) is 0 Å². The van der Waals surface area contributed by atoms with E-state index in [-0.39, 0.29) is 17.5 Å². The standard InChI is InChI=1S/C12H19NO3S2/c1-10(7-8-17-2)13-18(15,16)12-6-4-3-5-11(12)9-14/h3-6,10,13-14H,7-9H2,1-2H3. The Labute approximate surface area is 113 Å². The Balaban J connectivity index is 2.86. The molecule has 1 unspecified atom stereocenters. The average molecular weight is 289 g/mol. The first-order chi connectivity index (χ1) is 8.51. The van der Waals surface area contributed by atoms with Crippen molar-refractivity contribution in [3.8, 4) is 0 Å². The van der Waals surface area contributed by atoms with Gasteiger partial charge in [0.1, 0.15) is 0 Å². The molecule has 1 aromatic rings. The Kier molecular flexibility index (Phi) is 6.14. The molecule has 0 aliphatic carbocycles. The third-order valence-corrected chi connectivity index (χ3v) is 4.88. The van der Waals surface area contributed by atoms with Crippen LogP contribution < -0.4 is 4.72 Å². The molecule has 0 saturated carbocycles. The molecule has 0 aliphatic rings. The molecule has 0 aliphatic heterocycles. The summed E-state index contributed by atoms with van der Waals surface area (Å²) in [4.78, 5) is 0.156. The average Bonchev–Trinajstić information content (AvgIpc) is 2.35. The van der Waals surface area contributed by atoms with Crippen LogP contribution in [0.5, 0.6) is 0 Å². The zero-order valence-electron chi connectivity index (χ0n) is 10.6. The van der Waals surface area contributed by atoms with Gasteiger partial charge in [-0.05, 0) is 37.0 Å². The van der Waals surface area contributed by atoms with Crippen molar-refractivity contribution in [2.24, 2.45) is 0 Å². The summed E-state index contributed by atoms with van der Waals surface area (Å²) in [6.07, 6.45) is 2.77. The molecule has 0 bridgehead atoms. The number of benzene rings is 1. The van der Waals surface area contributed by atoms with Crippen LogP contribution in [0, 0.1) is 0 Å². The summed E-state index contributed by atoms with van der Waals surface area (Å²) in [6, 6.07) is 6.37. The number of sulfonamides is 1. The van der Waals surface area contributed by atoms with Crippen molar-refractivity contribution < 1.29 is 13.5 Å². The molecule has 18 heavy (non-hydrogen) atoms. The Morgan fingerprint density at radius 2 is 2.06 bits per heavy atom. The highest BCUT2D eigenvalue weighted by molar-refractivity contribution is 7.98. The van der Waals surface area contributed by atoms with E-state index in [2.05, 4.69) is 4.72 Å². The van der Waals surface area contributed by atoms with Crippen molar-refractivity contribution in [3.05, 3.63) is 29.8 Å². The molecule has 2 N–H and O–H groups in total. The van der Waals surface area contributed by atoms with Crippen LogP contribution >= 0.6 is 11.8 Å². The minimum absolute atomic E-state index is 0.116. The normalized spacial score (nSPS) is 13.5. The van der Waals surface area contributed by atoms with E-state index >= 15 is 0 Å². The first-order valence-corrected chi connectivity index (χ1v) is 8.59. The lowest BCUT2D eigenvalue weighted by molar-refractivity contribution is 0.278. The summed E-state index contributed by atoms with van der Waals surface area (Å²) >= 11 is 1.68. The third-order valence-electron chi connectivity index (χ3n) is 2.54. The first-order valence-electron chi connectivity index (χ1n) is 5.71. The van der Waals surface area contributed by atoms with Gasteiger partial charge in [0.15, 0.2) is 0 Å². The monoisotopic (exact) mass is 289 g/mol. The number of rotatable bonds is 7. The van der Waals surface area contributed by atoms with Gasteiger partial charge in [-0.15, -0.1) is 0 Å². The Hall–Kier alpha value is -0.560. The van der Waals surface area contributed by atoms with Crippen molar-refractivity contribution in [1.29, 1.82) is 0 Å². The Morgan fingerprint density at radius 1 is 1.39 bits per heavy atom. The van der Waals surface area contributed by atoms with Crippen LogP contribution in [-0.4, -0.2) is 31.6 Å². The van der Waals surface area contributed by atoms with E-state index in [0.29, 0.717) is 5.56 Å². The summed E-state index contributed by atoms with van der Waals surface area (Å²) in [5.74, 6) is 0.908. The fraction of sp³-hybridized carbons (Fsp3) is 0.500. The topological polar surface area (TPSA) is 66.4 Å². The van der Waals surface area contributed by atoms with E-state index in [1.807, 2.05) is 13.2 Å². The van der Waals surface area contributed by atoms with Gasteiger partial charge in [0.2, 0.25) is 10.0 Å². The molecule has 4 nitrogen and oxygen atoms in total. The van der Waals surface area contributed by atoms with Crippen molar-refractivity contribution >= 4 is 21.8 Å². The summed E-state index contributed by atoms with van der Waals surface area (Å²) < 4.78 is 26.9. The Morgan fingerprint density at radius 3 is 2.67 bits per heavy atom. The van der Waals surface area contributed by atoms with E-state index in [9.17, 15) is 8.42 Å². The lowest BCUT2D eigenvalue weighted by Gasteiger charge is -2.15. The highest BCUT2D eigenvalue weighted by atomic mass is 32.2. The van der Waals surface area contributed by atoms with Crippen LogP contribution in [0.3, 0.4) is 0 Å². The quantitative estimate of drug-likeness (QED) is 0.800. The van der Waals surface area contributed by atoms with Crippen molar-refractivity contribution in [3.63, 3.8) is 0 Å². The van der Waals surface area contributed by atoms with Crippen molar-refractivity contribution in [1.82, 2.24) is 4.72 Å². The van der Waals surface area contributed by atoms with Gasteiger partial charge in [0.25, 0.3) is 0 Å². The van der Waals surface area contributed by atoms with Gasteiger partial charge in [0, 0.05) is 6.04 Å². The van der Waals surface area contributed by atoms with Crippen molar-refractivity contribution in [2.75, 3.05) is 12.0 Å². The Bertz CT molecular complexity index is 474. The second-order valence-electron chi connectivity index (χ2n) is 4.07. The minimum atomic E-state index is -3.55. The SMILES string of the molecule is CSCCC(C)NS(=O)(=O)c1ccccc1CO. The summed E-state index contributed by atoms with van der Waals surface area (Å²) in [7, 11) is -3.55. The summed E-state index contributed by atoms with van der Waals surface area (Å²) in [5, 5.41) is 9.16. The van der Waals surface area contributed by atoms with Crippen LogP contribution in [-0.2, 0) is 16.6 Å². The van der Waals surface area contributed by atoms with E-state index in [0.717, 1.165) is 12.2 Å². The first kappa shape index (κ1) is 15.5. The molecule has 0 heterocycles. The zero-order valence-corrected chi connectivity index (χ0v) is 12.2. The molecule has 0 fully saturated rings. The predicted octanol–water partition coefficient (Wildman–Crippen LogP) is 1.60. The molecule has 0 radical (unpaired) electrons. The fourth-order valence-electron chi connectivity index (χ4n) is 1.58. The van der Waals surface area contributed by atoms with Crippen LogP contribution in [0.4, 0.5) is 0 Å². The maximum Gasteiger partial charge on any atom is 0.241 e. The highest BCUT2D eigenvalue weighted by Gasteiger charge is 2.19. The predicted molar refractivity (Wildman–Crippen MR) is 75.1 cm³/mol. The molecular weight excluding hydrogens is 270 g/mol. The maximum atomic E-state index is 12.2. The molecule has 0 aromatic heterocycles. The number of thioether (sulfide) groups is 1. The van der Waals surface area contributed by atoms with Crippen LogP contribution in [0.2, 0.25) is 0 Å². The van der Waals surface area contributed by atoms with Gasteiger partial charge < -0.3 is 5.11 Å². The van der Waals surface area contributed by atoms with Gasteiger partial charge in [-0.2, -0.15) is 11.8 Å². The number of aliphatic hydroxyl groups excluding tert-OH is 1. The number of hydrogen-bond acceptors (Lipinski definition) is 4. The van der Waals surface area contributed by atoms with Crippen LogP contribution in [0.15, 0.2) is 29.2 Å². The van der Waals surface area contributed by atoms with Crippen LogP contribution in [0.1, 0.15) is 18.9 Å². The fourth-order valence-corrected chi connectivity index (χ4v) is 3.68. The van der Waals surface area contributed by atoms with Gasteiger partial charge in [-0.1, -0.05) is 18.2 Å². The largest absolute Gasteiger partial charge is 0.392 e. The molecule has 0 amide bonds. The molecule has 1 aromatic carbocycles. The zero-order chi connectivity index (χ0) is 13.6. The number of aliphatic hydroxyl groups is 1. The van der Waals surface area contributed by atoms with Gasteiger partial charge in [-0.3, -0.25) is 0 Å². The second kappa shape index (κ2) is 7.13. The maximum absolute atomic E-state index is 12.2. The minimum Gasteiger partial charge on any atom is -0.392 e. The summed E-state index contributed by atoms with van der Waals surface area (Å²) in [5.41, 5.74) is 0.419.